The lowest BCUT2D eigenvalue weighted by molar-refractivity contribution is -0.0436. The summed E-state index contributed by atoms with van der Waals surface area (Å²) < 4.78 is 59.6. The fraction of sp³-hybridized carbons (Fsp3) is 0.500. The van der Waals surface area contributed by atoms with Gasteiger partial charge in [-0.2, -0.15) is 13.2 Å². The number of alkyl halides is 3. The maximum absolute atomic E-state index is 12.4. The number of sulfone groups is 1. The second kappa shape index (κ2) is 5.25. The smallest absolute Gasteiger partial charge is 0.394 e. The molecule has 1 rings (SSSR count). The third-order valence-electron chi connectivity index (χ3n) is 3.13. The molecule has 0 bridgehead atoms. The summed E-state index contributed by atoms with van der Waals surface area (Å²) in [4.78, 5) is 0.848. The van der Waals surface area contributed by atoms with E-state index in [4.69, 9.17) is 0 Å². The van der Waals surface area contributed by atoms with Crippen LogP contribution in [0.3, 0.4) is 0 Å². The summed E-state index contributed by atoms with van der Waals surface area (Å²) in [5.74, 6) is 0. The van der Waals surface area contributed by atoms with E-state index in [1.165, 1.54) is 12.1 Å². The first-order chi connectivity index (χ1) is 8.93. The molecular weight excluding hydrogens is 295 g/mol. The number of benzene rings is 1. The number of hydrogen-bond acceptors (Lipinski definition) is 4. The van der Waals surface area contributed by atoms with Gasteiger partial charge >= 0.3 is 5.51 Å². The van der Waals surface area contributed by atoms with Crippen LogP contribution in [-0.2, 0) is 9.84 Å². The third-order valence-corrected chi connectivity index (χ3v) is 4.64. The lowest BCUT2D eigenvalue weighted by Gasteiger charge is -2.35. The van der Waals surface area contributed by atoms with Gasteiger partial charge in [-0.1, -0.05) is 0 Å². The summed E-state index contributed by atoms with van der Waals surface area (Å²) >= 11 is 0. The van der Waals surface area contributed by atoms with Crippen LogP contribution in [0.4, 0.5) is 18.9 Å². The minimum absolute atomic E-state index is 0.161. The maximum atomic E-state index is 12.4. The predicted molar refractivity (Wildman–Crippen MR) is 69.3 cm³/mol. The molecule has 114 valence electrons. The number of halogens is 3. The van der Waals surface area contributed by atoms with E-state index in [2.05, 4.69) is 0 Å². The minimum Gasteiger partial charge on any atom is -0.394 e. The van der Waals surface area contributed by atoms with E-state index >= 15 is 0 Å². The SMILES string of the molecule is CN(c1ccc(S(=O)(=O)C(F)(F)F)cc1)C(C)(C)CO. The Hall–Kier alpha value is -1.28. The summed E-state index contributed by atoms with van der Waals surface area (Å²) in [5, 5.41) is 9.23. The van der Waals surface area contributed by atoms with Gasteiger partial charge in [0.05, 0.1) is 17.0 Å². The second-order valence-electron chi connectivity index (χ2n) is 4.97. The van der Waals surface area contributed by atoms with Gasteiger partial charge in [0, 0.05) is 12.7 Å². The monoisotopic (exact) mass is 311 g/mol. The molecule has 20 heavy (non-hydrogen) atoms. The third kappa shape index (κ3) is 3.06. The van der Waals surface area contributed by atoms with Gasteiger partial charge in [0.25, 0.3) is 9.84 Å². The number of rotatable bonds is 4. The summed E-state index contributed by atoms with van der Waals surface area (Å²) in [7, 11) is -3.67. The Labute approximate surface area is 115 Å². The summed E-state index contributed by atoms with van der Waals surface area (Å²) in [6, 6.07) is 4.36. The zero-order valence-electron chi connectivity index (χ0n) is 11.3. The molecule has 0 fully saturated rings. The normalized spacial score (nSPS) is 13.3. The van der Waals surface area contributed by atoms with Crippen LogP contribution >= 0.6 is 0 Å². The Bertz CT molecular complexity index is 565. The number of likely N-dealkylation sites (N-methyl/N-ethyl adjacent to an activating group) is 1. The molecule has 1 aromatic rings. The molecular formula is C12H16F3NO3S. The van der Waals surface area contributed by atoms with Gasteiger partial charge < -0.3 is 10.0 Å². The molecule has 0 saturated carbocycles. The Morgan fingerprint density at radius 1 is 1.15 bits per heavy atom. The summed E-state index contributed by atoms with van der Waals surface area (Å²) in [6.07, 6.45) is 0. The van der Waals surface area contributed by atoms with Crippen molar-refractivity contribution in [3.8, 4) is 0 Å². The molecule has 8 heteroatoms. The van der Waals surface area contributed by atoms with Crippen LogP contribution in [0, 0.1) is 0 Å². The van der Waals surface area contributed by atoms with Crippen LogP contribution in [0.15, 0.2) is 29.2 Å². The molecule has 0 unspecified atom stereocenters. The fourth-order valence-corrected chi connectivity index (χ4v) is 2.20. The Morgan fingerprint density at radius 2 is 1.60 bits per heavy atom. The van der Waals surface area contributed by atoms with Crippen LogP contribution in [0.1, 0.15) is 13.8 Å². The van der Waals surface area contributed by atoms with Crippen molar-refractivity contribution in [1.29, 1.82) is 0 Å². The van der Waals surface area contributed by atoms with Gasteiger partial charge in [-0.25, -0.2) is 8.42 Å². The predicted octanol–water partition coefficient (Wildman–Crippen LogP) is 2.19. The van der Waals surface area contributed by atoms with Crippen molar-refractivity contribution in [2.45, 2.75) is 29.8 Å². The van der Waals surface area contributed by atoms with E-state index in [1.807, 2.05) is 0 Å². The zero-order valence-corrected chi connectivity index (χ0v) is 12.1. The minimum atomic E-state index is -5.33. The van der Waals surface area contributed by atoms with Gasteiger partial charge in [0.2, 0.25) is 0 Å². The highest BCUT2D eigenvalue weighted by Gasteiger charge is 2.46. The zero-order chi connectivity index (χ0) is 15.8. The first kappa shape index (κ1) is 16.8. The van der Waals surface area contributed by atoms with Crippen LogP contribution in [0.25, 0.3) is 0 Å². The molecule has 0 aliphatic carbocycles. The van der Waals surface area contributed by atoms with Crippen molar-refractivity contribution >= 4 is 15.5 Å². The van der Waals surface area contributed by atoms with Crippen LogP contribution < -0.4 is 4.90 Å². The topological polar surface area (TPSA) is 57.6 Å². The Balaban J connectivity index is 3.14. The average molecular weight is 311 g/mol. The molecule has 0 aromatic heterocycles. The molecule has 0 heterocycles. The molecule has 0 saturated heterocycles. The maximum Gasteiger partial charge on any atom is 0.501 e. The molecule has 4 nitrogen and oxygen atoms in total. The van der Waals surface area contributed by atoms with Gasteiger partial charge in [-0.15, -0.1) is 0 Å². The summed E-state index contributed by atoms with van der Waals surface area (Å²) in [5.41, 5.74) is -5.43. The number of anilines is 1. The van der Waals surface area contributed by atoms with E-state index < -0.39 is 25.8 Å². The van der Waals surface area contributed by atoms with E-state index in [9.17, 15) is 26.7 Å². The number of aliphatic hydroxyl groups excluding tert-OH is 1. The first-order valence-electron chi connectivity index (χ1n) is 5.69. The molecule has 1 N–H and O–H groups in total. The fourth-order valence-electron chi connectivity index (χ4n) is 1.44. The van der Waals surface area contributed by atoms with Crippen molar-refractivity contribution < 1.29 is 26.7 Å². The molecule has 0 amide bonds. The Kier molecular flexibility index (Phi) is 4.40. The van der Waals surface area contributed by atoms with Crippen molar-refractivity contribution in [2.75, 3.05) is 18.6 Å². The number of nitrogens with zero attached hydrogens (tertiary/aromatic N) is 1. The molecule has 0 spiro atoms. The second-order valence-corrected chi connectivity index (χ2v) is 6.91. The summed E-state index contributed by atoms with van der Waals surface area (Å²) in [6.45, 7) is 3.33. The quantitative estimate of drug-likeness (QED) is 0.926. The highest BCUT2D eigenvalue weighted by atomic mass is 32.2. The van der Waals surface area contributed by atoms with Crippen molar-refractivity contribution in [3.63, 3.8) is 0 Å². The standard InChI is InChI=1S/C12H16F3NO3S/c1-11(2,8-17)16(3)9-4-6-10(7-5-9)20(18,19)12(13,14)15/h4-7,17H,8H2,1-3H3. The molecule has 0 aliphatic rings. The highest BCUT2D eigenvalue weighted by molar-refractivity contribution is 7.92. The van der Waals surface area contributed by atoms with Gasteiger partial charge in [-0.3, -0.25) is 0 Å². The number of hydrogen-bond donors (Lipinski definition) is 1. The van der Waals surface area contributed by atoms with Gasteiger partial charge in [-0.05, 0) is 38.1 Å². The highest BCUT2D eigenvalue weighted by Crippen LogP contribution is 2.31. The van der Waals surface area contributed by atoms with Gasteiger partial charge in [0.15, 0.2) is 0 Å². The molecule has 0 radical (unpaired) electrons. The number of aliphatic hydroxyl groups is 1. The van der Waals surface area contributed by atoms with E-state index in [0.29, 0.717) is 5.69 Å². The Morgan fingerprint density at radius 3 is 1.95 bits per heavy atom. The average Bonchev–Trinajstić information content (AvgIpc) is 2.36. The molecule has 0 atom stereocenters. The van der Waals surface area contributed by atoms with Crippen LogP contribution in [0.2, 0.25) is 0 Å². The lowest BCUT2D eigenvalue weighted by Crippen LogP contribution is -2.44. The largest absolute Gasteiger partial charge is 0.501 e. The van der Waals surface area contributed by atoms with E-state index in [0.717, 1.165) is 12.1 Å². The van der Waals surface area contributed by atoms with E-state index in [-0.39, 0.29) is 6.61 Å². The lowest BCUT2D eigenvalue weighted by atomic mass is 10.0. The molecule has 0 aliphatic heterocycles. The van der Waals surface area contributed by atoms with Crippen molar-refractivity contribution in [3.05, 3.63) is 24.3 Å². The van der Waals surface area contributed by atoms with Crippen LogP contribution in [0.5, 0.6) is 0 Å². The van der Waals surface area contributed by atoms with Crippen molar-refractivity contribution in [1.82, 2.24) is 0 Å². The van der Waals surface area contributed by atoms with Crippen molar-refractivity contribution in [2.24, 2.45) is 0 Å². The van der Waals surface area contributed by atoms with Gasteiger partial charge in [0.1, 0.15) is 0 Å². The first-order valence-corrected chi connectivity index (χ1v) is 7.18. The molecule has 1 aromatic carbocycles. The van der Waals surface area contributed by atoms with Crippen LogP contribution in [-0.4, -0.2) is 38.2 Å². The van der Waals surface area contributed by atoms with E-state index in [1.54, 1.807) is 25.8 Å².